The maximum absolute atomic E-state index is 13.5. The summed E-state index contributed by atoms with van der Waals surface area (Å²) in [6, 6.07) is 12.6. The molecule has 1 aliphatic carbocycles. The molecule has 47 heavy (non-hydrogen) atoms. The highest BCUT2D eigenvalue weighted by Gasteiger charge is 2.32. The third-order valence-corrected chi connectivity index (χ3v) is 8.76. The summed E-state index contributed by atoms with van der Waals surface area (Å²) in [4.78, 5) is 59.5. The largest absolute Gasteiger partial charge is 0.366 e. The summed E-state index contributed by atoms with van der Waals surface area (Å²) in [5, 5.41) is 17.0. The van der Waals surface area contributed by atoms with Crippen LogP contribution in [0.1, 0.15) is 64.8 Å². The van der Waals surface area contributed by atoms with Gasteiger partial charge in [0.25, 0.3) is 17.4 Å². The van der Waals surface area contributed by atoms with Crippen LogP contribution in [-0.4, -0.2) is 63.5 Å². The lowest BCUT2D eigenvalue weighted by Crippen LogP contribution is -2.32. The van der Waals surface area contributed by atoms with Crippen molar-refractivity contribution >= 4 is 40.6 Å². The van der Waals surface area contributed by atoms with Crippen LogP contribution in [0, 0.1) is 5.92 Å². The number of hydrogen-bond acceptors (Lipinski definition) is 9. The number of pyridine rings is 2. The molecule has 1 atom stereocenters. The number of hydrogen-bond donors (Lipinski definition) is 3. The molecule has 4 heterocycles. The van der Waals surface area contributed by atoms with Gasteiger partial charge in [-0.05, 0) is 50.5 Å². The minimum Gasteiger partial charge on any atom is -0.366 e. The fraction of sp³-hybridized carbons (Fsp3) is 0.324. The van der Waals surface area contributed by atoms with Crippen LogP contribution in [0.5, 0.6) is 0 Å². The number of carbonyl (C=O) groups is 3. The number of anilines is 4. The molecule has 3 N–H and O–H groups in total. The van der Waals surface area contributed by atoms with Crippen LogP contribution in [0.4, 0.5) is 22.9 Å². The van der Waals surface area contributed by atoms with Crippen LogP contribution in [0.25, 0.3) is 11.1 Å². The molecule has 242 valence electrons. The average Bonchev–Trinajstić information content (AvgIpc) is 3.93. The smallest absolute Gasteiger partial charge is 0.273 e. The van der Waals surface area contributed by atoms with Gasteiger partial charge in [-0.2, -0.15) is 0 Å². The predicted octanol–water partition coefficient (Wildman–Crippen LogP) is 3.95. The average molecular weight is 636 g/mol. The van der Waals surface area contributed by atoms with Gasteiger partial charge in [0.2, 0.25) is 5.91 Å². The summed E-state index contributed by atoms with van der Waals surface area (Å²) in [5.41, 5.74) is 5.44. The van der Waals surface area contributed by atoms with Crippen molar-refractivity contribution in [2.24, 2.45) is 5.92 Å². The highest BCUT2D eigenvalue weighted by Crippen LogP contribution is 2.48. The Morgan fingerprint density at radius 1 is 1.04 bits per heavy atom. The second kappa shape index (κ2) is 12.7. The number of para-hydroxylation sites is 1. The molecule has 0 saturated heterocycles. The molecule has 1 fully saturated rings. The Morgan fingerprint density at radius 3 is 2.55 bits per heavy atom. The van der Waals surface area contributed by atoms with Crippen molar-refractivity contribution in [3.05, 3.63) is 87.7 Å². The number of aryl methyl sites for hydroxylation is 1. The molecule has 1 unspecified atom stereocenters. The highest BCUT2D eigenvalue weighted by atomic mass is 16.2. The summed E-state index contributed by atoms with van der Waals surface area (Å²) in [6.45, 7) is 4.66. The van der Waals surface area contributed by atoms with Gasteiger partial charge in [0.1, 0.15) is 5.69 Å². The maximum atomic E-state index is 13.5. The van der Waals surface area contributed by atoms with E-state index in [1.54, 1.807) is 36.1 Å². The normalized spacial score (nSPS) is 14.9. The van der Waals surface area contributed by atoms with Crippen LogP contribution >= 0.6 is 0 Å². The van der Waals surface area contributed by atoms with Crippen molar-refractivity contribution < 1.29 is 14.4 Å². The number of carbonyl (C=O) groups excluding carboxylic acids is 3. The first-order valence-corrected chi connectivity index (χ1v) is 15.6. The van der Waals surface area contributed by atoms with E-state index in [0.717, 1.165) is 35.2 Å². The lowest BCUT2D eigenvalue weighted by molar-refractivity contribution is -0.117. The SMILES string of the molecule is CCn1cccc(CN(C)C(=O)c2cc3c(cn2)-c2cccc(Nc4cc(NC(=O)C5CC5)nnc4C(=O)NC)c2N(C)C3C)c1=O. The fourth-order valence-corrected chi connectivity index (χ4v) is 5.83. The van der Waals surface area contributed by atoms with Crippen molar-refractivity contribution in [1.29, 1.82) is 0 Å². The number of nitrogens with one attached hydrogen (secondary N) is 3. The predicted molar refractivity (Wildman–Crippen MR) is 179 cm³/mol. The van der Waals surface area contributed by atoms with Gasteiger partial charge in [0.15, 0.2) is 11.5 Å². The molecule has 6 rings (SSSR count). The minimum atomic E-state index is -0.424. The summed E-state index contributed by atoms with van der Waals surface area (Å²) in [6.07, 6.45) is 5.14. The second-order valence-electron chi connectivity index (χ2n) is 11.9. The molecule has 2 aliphatic rings. The third-order valence-electron chi connectivity index (χ3n) is 8.76. The zero-order valence-electron chi connectivity index (χ0n) is 27.0. The summed E-state index contributed by atoms with van der Waals surface area (Å²) < 4.78 is 1.61. The quantitative estimate of drug-likeness (QED) is 0.248. The Labute approximate surface area is 272 Å². The zero-order chi connectivity index (χ0) is 33.4. The van der Waals surface area contributed by atoms with E-state index in [-0.39, 0.29) is 53.1 Å². The van der Waals surface area contributed by atoms with Crippen LogP contribution < -0.4 is 26.4 Å². The van der Waals surface area contributed by atoms with E-state index in [2.05, 4.69) is 36.0 Å². The highest BCUT2D eigenvalue weighted by molar-refractivity contribution is 6.01. The van der Waals surface area contributed by atoms with Gasteiger partial charge < -0.3 is 30.3 Å². The van der Waals surface area contributed by atoms with Crippen molar-refractivity contribution in [1.82, 2.24) is 30.0 Å². The van der Waals surface area contributed by atoms with Gasteiger partial charge in [0, 0.05) is 68.8 Å². The summed E-state index contributed by atoms with van der Waals surface area (Å²) >= 11 is 0. The van der Waals surface area contributed by atoms with Crippen LogP contribution in [0.3, 0.4) is 0 Å². The van der Waals surface area contributed by atoms with E-state index in [1.165, 1.54) is 11.9 Å². The molecule has 3 amide bonds. The number of benzene rings is 1. The fourth-order valence-electron chi connectivity index (χ4n) is 5.83. The molecule has 13 nitrogen and oxygen atoms in total. The molecule has 0 bridgehead atoms. The van der Waals surface area contributed by atoms with Crippen LogP contribution in [0.2, 0.25) is 0 Å². The molecular weight excluding hydrogens is 598 g/mol. The standard InChI is InChI=1S/C34H37N9O4/c1-6-43-14-8-9-21(33(43)46)18-41(4)34(47)27-15-23-19(2)42(5)30-22(24(23)17-36-27)10-7-11-25(30)37-26-16-28(38-31(44)20-12-13-20)39-40-29(26)32(45)35-3/h7-11,14-17,19-20H,6,12-13,18H2,1-5H3,(H,35,45)(H2,37,38,39,44). The molecule has 0 spiro atoms. The van der Waals surface area contributed by atoms with Gasteiger partial charge in [-0.3, -0.25) is 24.2 Å². The lowest BCUT2D eigenvalue weighted by atomic mass is 9.89. The number of amides is 3. The van der Waals surface area contributed by atoms with E-state index >= 15 is 0 Å². The van der Waals surface area contributed by atoms with E-state index in [0.29, 0.717) is 23.5 Å². The monoisotopic (exact) mass is 635 g/mol. The van der Waals surface area contributed by atoms with E-state index in [4.69, 9.17) is 0 Å². The Bertz CT molecular complexity index is 1950. The molecule has 4 aromatic rings. The first-order valence-electron chi connectivity index (χ1n) is 15.6. The zero-order valence-corrected chi connectivity index (χ0v) is 27.0. The molecule has 1 aliphatic heterocycles. The van der Waals surface area contributed by atoms with Crippen molar-refractivity contribution in [2.75, 3.05) is 36.7 Å². The Balaban J connectivity index is 1.31. The topological polar surface area (TPSA) is 154 Å². The number of fused-ring (bicyclic) bond motifs is 3. The van der Waals surface area contributed by atoms with Gasteiger partial charge in [-0.25, -0.2) is 0 Å². The first-order chi connectivity index (χ1) is 22.6. The van der Waals surface area contributed by atoms with Gasteiger partial charge in [0.05, 0.1) is 29.6 Å². The van der Waals surface area contributed by atoms with Gasteiger partial charge in [-0.1, -0.05) is 18.2 Å². The molecule has 1 saturated carbocycles. The minimum absolute atomic E-state index is 0.0179. The van der Waals surface area contributed by atoms with Gasteiger partial charge >= 0.3 is 0 Å². The van der Waals surface area contributed by atoms with Crippen LogP contribution in [0.15, 0.2) is 59.7 Å². The maximum Gasteiger partial charge on any atom is 0.273 e. The lowest BCUT2D eigenvalue weighted by Gasteiger charge is -2.37. The molecular formula is C34H37N9O4. The van der Waals surface area contributed by atoms with E-state index in [9.17, 15) is 19.2 Å². The number of aromatic nitrogens is 4. The Morgan fingerprint density at radius 2 is 1.83 bits per heavy atom. The van der Waals surface area contributed by atoms with Gasteiger partial charge in [-0.15, -0.1) is 10.2 Å². The molecule has 13 heteroatoms. The van der Waals surface area contributed by atoms with Crippen molar-refractivity contribution in [3.8, 4) is 11.1 Å². The Hall–Kier alpha value is -5.59. The third kappa shape index (κ3) is 6.03. The first kappa shape index (κ1) is 31.4. The molecule has 3 aromatic heterocycles. The second-order valence-corrected chi connectivity index (χ2v) is 11.9. The van der Waals surface area contributed by atoms with Crippen LogP contribution in [-0.2, 0) is 17.9 Å². The van der Waals surface area contributed by atoms with Crippen molar-refractivity contribution in [2.45, 2.75) is 45.8 Å². The number of nitrogens with zero attached hydrogens (tertiary/aromatic N) is 6. The molecule has 1 aromatic carbocycles. The Kier molecular flexibility index (Phi) is 8.46. The van der Waals surface area contributed by atoms with Crippen molar-refractivity contribution in [3.63, 3.8) is 0 Å². The van der Waals surface area contributed by atoms with E-state index < -0.39 is 5.91 Å². The molecule has 0 radical (unpaired) electrons. The van der Waals surface area contributed by atoms with E-state index in [1.807, 2.05) is 51.2 Å². The number of rotatable bonds is 9. The summed E-state index contributed by atoms with van der Waals surface area (Å²) in [5.74, 6) is -0.589. The summed E-state index contributed by atoms with van der Waals surface area (Å²) in [7, 11) is 5.14.